The lowest BCUT2D eigenvalue weighted by molar-refractivity contribution is -0.161. The molecule has 0 aliphatic carbocycles. The fraction of sp³-hybridized carbons (Fsp3) is 0.667. The number of carbonyl (C=O) groups is 2. The number of hydrogen-bond acceptors (Lipinski definition) is 5. The first kappa shape index (κ1) is 14.4. The molecule has 0 aromatic rings. The summed E-state index contributed by atoms with van der Waals surface area (Å²) in [4.78, 5) is 25.3. The van der Waals surface area contributed by atoms with Crippen molar-refractivity contribution in [2.45, 2.75) is 25.5 Å². The predicted molar refractivity (Wildman–Crippen MR) is 71.5 cm³/mol. The largest absolute Gasteiger partial charge is 0.477 e. The number of rotatable bonds is 6. The van der Waals surface area contributed by atoms with Gasteiger partial charge in [-0.3, -0.25) is 4.79 Å². The molecule has 1 fully saturated rings. The van der Waals surface area contributed by atoms with Crippen LogP contribution in [0.5, 0.6) is 0 Å². The Labute approximate surface area is 115 Å². The average molecular weight is 286 g/mol. The zero-order chi connectivity index (χ0) is 14.2. The van der Waals surface area contributed by atoms with E-state index in [4.69, 9.17) is 0 Å². The third-order valence-electron chi connectivity index (χ3n) is 3.52. The molecule has 19 heavy (non-hydrogen) atoms. The normalized spacial score (nSPS) is 27.3. The molecule has 3 N–H and O–H groups in total. The number of nitrogens with one attached hydrogen (secondary N) is 1. The van der Waals surface area contributed by atoms with Gasteiger partial charge in [-0.25, -0.2) is 4.79 Å². The molecular formula is C12H18N2O4S. The van der Waals surface area contributed by atoms with Gasteiger partial charge in [0.2, 0.25) is 5.91 Å². The Morgan fingerprint density at radius 2 is 2.32 bits per heavy atom. The van der Waals surface area contributed by atoms with Gasteiger partial charge in [-0.1, -0.05) is 0 Å². The molecule has 2 rings (SSSR count). The van der Waals surface area contributed by atoms with E-state index >= 15 is 0 Å². The van der Waals surface area contributed by atoms with Crippen molar-refractivity contribution in [1.82, 2.24) is 10.2 Å². The predicted octanol–water partition coefficient (Wildman–Crippen LogP) is -0.153. The third kappa shape index (κ3) is 2.37. The average Bonchev–Trinajstić information content (AvgIpc) is 2.64. The van der Waals surface area contributed by atoms with Gasteiger partial charge in [0, 0.05) is 23.6 Å². The minimum atomic E-state index is -1.06. The van der Waals surface area contributed by atoms with E-state index in [1.807, 2.05) is 7.05 Å². The number of aliphatic hydroxyl groups excluding tert-OH is 1. The van der Waals surface area contributed by atoms with Crippen LogP contribution in [0.1, 0.15) is 13.3 Å². The topological polar surface area (TPSA) is 89.9 Å². The maximum absolute atomic E-state index is 11.9. The van der Waals surface area contributed by atoms with Crippen LogP contribution in [0.15, 0.2) is 10.6 Å². The van der Waals surface area contributed by atoms with Crippen molar-refractivity contribution in [2.75, 3.05) is 19.3 Å². The van der Waals surface area contributed by atoms with Gasteiger partial charge in [0.25, 0.3) is 0 Å². The van der Waals surface area contributed by atoms with Gasteiger partial charge < -0.3 is 20.4 Å². The van der Waals surface area contributed by atoms with Crippen molar-refractivity contribution in [1.29, 1.82) is 0 Å². The molecule has 6 nitrogen and oxygen atoms in total. The van der Waals surface area contributed by atoms with Gasteiger partial charge in [0.1, 0.15) is 5.70 Å². The fourth-order valence-corrected chi connectivity index (χ4v) is 3.80. The Bertz CT molecular complexity index is 435. The maximum Gasteiger partial charge on any atom is 0.353 e. The Morgan fingerprint density at radius 3 is 2.84 bits per heavy atom. The lowest BCUT2D eigenvalue weighted by Crippen LogP contribution is -2.61. The van der Waals surface area contributed by atoms with E-state index in [1.165, 1.54) is 16.7 Å². The minimum absolute atomic E-state index is 0.105. The molecule has 0 saturated carbocycles. The second-order valence-electron chi connectivity index (χ2n) is 4.78. The molecule has 0 aromatic carbocycles. The van der Waals surface area contributed by atoms with Gasteiger partial charge >= 0.3 is 5.97 Å². The van der Waals surface area contributed by atoms with Gasteiger partial charge in [-0.15, -0.1) is 11.8 Å². The summed E-state index contributed by atoms with van der Waals surface area (Å²) in [5, 5.41) is 21.8. The quantitative estimate of drug-likeness (QED) is 0.465. The molecule has 2 aliphatic rings. The van der Waals surface area contributed by atoms with Crippen molar-refractivity contribution in [2.24, 2.45) is 5.92 Å². The summed E-state index contributed by atoms with van der Waals surface area (Å²) in [5.74, 6) is -1.04. The van der Waals surface area contributed by atoms with E-state index in [2.05, 4.69) is 5.32 Å². The van der Waals surface area contributed by atoms with Crippen molar-refractivity contribution in [3.8, 4) is 0 Å². The number of amides is 1. The maximum atomic E-state index is 11.9. The van der Waals surface area contributed by atoms with Crippen molar-refractivity contribution in [3.05, 3.63) is 10.6 Å². The van der Waals surface area contributed by atoms with Crippen LogP contribution in [0.4, 0.5) is 0 Å². The molecule has 7 heteroatoms. The number of thioether (sulfide) groups is 1. The number of β-lactam (4-membered cyclic amide) rings is 1. The summed E-state index contributed by atoms with van der Waals surface area (Å²) >= 11 is 1.47. The first-order valence-electron chi connectivity index (χ1n) is 6.24. The highest BCUT2D eigenvalue weighted by atomic mass is 32.2. The first-order valence-corrected chi connectivity index (χ1v) is 7.22. The molecule has 0 radical (unpaired) electrons. The Kier molecular flexibility index (Phi) is 4.17. The lowest BCUT2D eigenvalue weighted by atomic mass is 9.83. The molecular weight excluding hydrogens is 268 g/mol. The minimum Gasteiger partial charge on any atom is -0.477 e. The summed E-state index contributed by atoms with van der Waals surface area (Å²) in [6, 6.07) is -0.185. The Hall–Kier alpha value is -1.05. The van der Waals surface area contributed by atoms with E-state index < -0.39 is 18.0 Å². The highest BCUT2D eigenvalue weighted by Gasteiger charge is 2.56. The van der Waals surface area contributed by atoms with Gasteiger partial charge in [0.15, 0.2) is 0 Å². The summed E-state index contributed by atoms with van der Waals surface area (Å²) in [6.07, 6.45) is -0.192. The van der Waals surface area contributed by atoms with Crippen molar-refractivity contribution >= 4 is 23.6 Å². The van der Waals surface area contributed by atoms with Gasteiger partial charge in [-0.05, 0) is 14.0 Å². The second kappa shape index (κ2) is 5.52. The Morgan fingerprint density at radius 1 is 1.63 bits per heavy atom. The lowest BCUT2D eigenvalue weighted by Gasteiger charge is -2.44. The van der Waals surface area contributed by atoms with E-state index in [0.29, 0.717) is 6.42 Å². The molecule has 2 aliphatic heterocycles. The van der Waals surface area contributed by atoms with E-state index in [1.54, 1.807) is 6.92 Å². The van der Waals surface area contributed by atoms with Crippen LogP contribution in [0, 0.1) is 5.92 Å². The van der Waals surface area contributed by atoms with Crippen LogP contribution in [0.3, 0.4) is 0 Å². The van der Waals surface area contributed by atoms with Crippen LogP contribution in [0.25, 0.3) is 0 Å². The first-order chi connectivity index (χ1) is 8.99. The van der Waals surface area contributed by atoms with Crippen molar-refractivity contribution in [3.63, 3.8) is 0 Å². The molecule has 0 bridgehead atoms. The highest BCUT2D eigenvalue weighted by Crippen LogP contribution is 2.46. The Balaban J connectivity index is 2.14. The smallest absolute Gasteiger partial charge is 0.353 e. The van der Waals surface area contributed by atoms with Gasteiger partial charge in [-0.2, -0.15) is 0 Å². The van der Waals surface area contributed by atoms with Crippen LogP contribution in [-0.4, -0.2) is 58.5 Å². The molecule has 3 unspecified atom stereocenters. The van der Waals surface area contributed by atoms with E-state index in [0.717, 1.165) is 17.2 Å². The number of fused-ring (bicyclic) bond motifs is 1. The zero-order valence-electron chi connectivity index (χ0n) is 10.9. The van der Waals surface area contributed by atoms with Crippen LogP contribution >= 0.6 is 11.8 Å². The van der Waals surface area contributed by atoms with Gasteiger partial charge in [0.05, 0.1) is 18.1 Å². The molecule has 106 valence electrons. The molecule has 1 saturated heterocycles. The number of carboxylic acids is 1. The number of carbonyl (C=O) groups excluding carboxylic acids is 1. The molecule has 0 spiro atoms. The molecule has 3 atom stereocenters. The number of aliphatic hydroxyl groups is 1. The summed E-state index contributed by atoms with van der Waals surface area (Å²) in [5.41, 5.74) is 0.105. The zero-order valence-corrected chi connectivity index (χ0v) is 11.7. The van der Waals surface area contributed by atoms with Crippen molar-refractivity contribution < 1.29 is 19.8 Å². The van der Waals surface area contributed by atoms with Crippen LogP contribution in [0.2, 0.25) is 0 Å². The second-order valence-corrected chi connectivity index (χ2v) is 5.96. The fourth-order valence-electron chi connectivity index (χ4n) is 2.64. The SMILES string of the molecule is CNCCSC1=C(C(=O)O)N2C(=O)C(C(C)O)C2C1. The summed E-state index contributed by atoms with van der Waals surface area (Å²) < 4.78 is 0. The van der Waals surface area contributed by atoms with E-state index in [-0.39, 0.29) is 17.6 Å². The molecule has 2 heterocycles. The molecule has 1 amide bonds. The number of hydrogen-bond donors (Lipinski definition) is 3. The van der Waals surface area contributed by atoms with Crippen LogP contribution < -0.4 is 5.32 Å². The number of carboxylic acid groups (broad SMARTS) is 1. The highest BCUT2D eigenvalue weighted by molar-refractivity contribution is 8.03. The monoisotopic (exact) mass is 286 g/mol. The third-order valence-corrected chi connectivity index (χ3v) is 4.64. The standard InChI is InChI=1S/C12H18N2O4S/c1-6(15)9-7-5-8(19-4-3-13-2)10(12(17)18)14(7)11(9)16/h6-7,9,13,15H,3-5H2,1-2H3,(H,17,18). The van der Waals surface area contributed by atoms with Crippen LogP contribution in [-0.2, 0) is 9.59 Å². The number of nitrogens with zero attached hydrogens (tertiary/aromatic N) is 1. The number of aliphatic carboxylic acids is 1. The summed E-state index contributed by atoms with van der Waals surface area (Å²) in [7, 11) is 1.84. The molecule has 0 aromatic heterocycles. The van der Waals surface area contributed by atoms with E-state index in [9.17, 15) is 19.8 Å². The summed E-state index contributed by atoms with van der Waals surface area (Å²) in [6.45, 7) is 2.35.